The fourth-order valence-electron chi connectivity index (χ4n) is 8.57. The SMILES string of the molecule is CCc1c(F)ccc2cc(O)cc(-c3c(F)c4nc(OCC5(CN6CC7COCC7C6)CC5)nc(N5CCOCC(C)(O)C5)c4c4ccnn34)c12. The van der Waals surface area contributed by atoms with Crippen molar-refractivity contribution in [3.8, 4) is 23.0 Å². The predicted octanol–water partition coefficient (Wildman–Crippen LogP) is 4.97. The third-order valence-corrected chi connectivity index (χ3v) is 11.2. The van der Waals surface area contributed by atoms with E-state index in [0.717, 1.165) is 45.7 Å². The Morgan fingerprint density at radius 3 is 2.61 bits per heavy atom. The number of ether oxygens (including phenoxy) is 3. The molecule has 3 saturated heterocycles. The summed E-state index contributed by atoms with van der Waals surface area (Å²) in [7, 11) is 0. The molecule has 4 aliphatic rings. The molecule has 3 atom stereocenters. The molecule has 13 heteroatoms. The van der Waals surface area contributed by atoms with Crippen LogP contribution in [0.5, 0.6) is 11.8 Å². The summed E-state index contributed by atoms with van der Waals surface area (Å²) in [5.41, 5.74) is 0.0336. The zero-order valence-electron chi connectivity index (χ0n) is 28.9. The number of aryl methyl sites for hydroxylation is 1. The van der Waals surface area contributed by atoms with Crippen LogP contribution in [-0.4, -0.2) is 106 Å². The summed E-state index contributed by atoms with van der Waals surface area (Å²) < 4.78 is 52.0. The highest BCUT2D eigenvalue weighted by Crippen LogP contribution is 2.48. The normalized spacial score (nSPS) is 24.8. The van der Waals surface area contributed by atoms with Gasteiger partial charge in [0.1, 0.15) is 34.2 Å². The standard InChI is InChI=1S/C38H42F2N6O5/c1-3-26-28(39)5-4-22-12-25(47)13-27(30(22)26)34-32(40)33-31(29-6-9-41-46(29)34)35(45-10-11-49-20-37(2,48)18-45)43-36(42-33)51-21-38(7-8-38)19-44-14-23-16-50-17-24(23)15-44/h4-6,9,12-13,23-24,47-48H,3,7-8,10-11,14-21H2,1-2H3. The van der Waals surface area contributed by atoms with Crippen molar-refractivity contribution < 1.29 is 33.2 Å². The first-order chi connectivity index (χ1) is 24.6. The minimum Gasteiger partial charge on any atom is -0.508 e. The van der Waals surface area contributed by atoms with Crippen LogP contribution in [0.3, 0.4) is 0 Å². The maximum atomic E-state index is 17.5. The van der Waals surface area contributed by atoms with Crippen LogP contribution in [0, 0.1) is 28.9 Å². The molecule has 1 saturated carbocycles. The van der Waals surface area contributed by atoms with Crippen molar-refractivity contribution in [3.63, 3.8) is 0 Å². The number of fused-ring (bicyclic) bond motifs is 5. The topological polar surface area (TPSA) is 118 Å². The molecule has 5 aromatic rings. The number of β-amino-alcohol motifs (C(OH)–C–C–N with tert-alkyl or cyclic N) is 1. The van der Waals surface area contributed by atoms with E-state index in [0.29, 0.717) is 76.6 Å². The fourth-order valence-corrected chi connectivity index (χ4v) is 8.57. The number of hydrogen-bond acceptors (Lipinski definition) is 10. The van der Waals surface area contributed by atoms with E-state index in [9.17, 15) is 10.2 Å². The van der Waals surface area contributed by atoms with E-state index in [1.54, 1.807) is 31.3 Å². The summed E-state index contributed by atoms with van der Waals surface area (Å²) >= 11 is 0. The molecule has 3 aromatic heterocycles. The molecular formula is C38H42F2N6O5. The van der Waals surface area contributed by atoms with Crippen LogP contribution in [0.2, 0.25) is 0 Å². The Labute approximate surface area is 293 Å². The number of phenols is 1. The second-order valence-corrected chi connectivity index (χ2v) is 15.3. The van der Waals surface area contributed by atoms with Crippen molar-refractivity contribution in [2.75, 3.05) is 70.7 Å². The molecule has 4 fully saturated rings. The lowest BCUT2D eigenvalue weighted by Gasteiger charge is -2.29. The van der Waals surface area contributed by atoms with E-state index in [4.69, 9.17) is 24.2 Å². The molecule has 9 rings (SSSR count). The van der Waals surface area contributed by atoms with Gasteiger partial charge in [0.2, 0.25) is 0 Å². The Kier molecular flexibility index (Phi) is 7.84. The van der Waals surface area contributed by atoms with E-state index in [-0.39, 0.29) is 41.5 Å². The van der Waals surface area contributed by atoms with Gasteiger partial charge in [-0.05, 0) is 66.8 Å². The average molecular weight is 701 g/mol. The van der Waals surface area contributed by atoms with Gasteiger partial charge in [-0.2, -0.15) is 15.1 Å². The second-order valence-electron chi connectivity index (χ2n) is 15.3. The Bertz CT molecular complexity index is 2160. The number of anilines is 1. The lowest BCUT2D eigenvalue weighted by Crippen LogP contribution is -2.42. The van der Waals surface area contributed by atoms with Crippen molar-refractivity contribution >= 4 is 33.0 Å². The number of aromatic hydroxyl groups is 1. The molecule has 0 spiro atoms. The van der Waals surface area contributed by atoms with Crippen LogP contribution in [0.15, 0.2) is 36.5 Å². The molecule has 3 aliphatic heterocycles. The highest BCUT2D eigenvalue weighted by molar-refractivity contribution is 6.07. The van der Waals surface area contributed by atoms with E-state index < -0.39 is 17.2 Å². The molecule has 2 aromatic carbocycles. The first-order valence-corrected chi connectivity index (χ1v) is 17.9. The Hall–Kier alpha value is -4.17. The van der Waals surface area contributed by atoms with Crippen LogP contribution in [-0.2, 0) is 15.9 Å². The van der Waals surface area contributed by atoms with Crippen molar-refractivity contribution in [2.45, 2.75) is 38.7 Å². The number of aromatic nitrogens is 4. The zero-order valence-corrected chi connectivity index (χ0v) is 28.9. The van der Waals surface area contributed by atoms with Gasteiger partial charge in [0.25, 0.3) is 0 Å². The predicted molar refractivity (Wildman–Crippen MR) is 187 cm³/mol. The number of nitrogens with zero attached hydrogens (tertiary/aromatic N) is 6. The molecule has 0 amide bonds. The minimum atomic E-state index is -1.19. The third-order valence-electron chi connectivity index (χ3n) is 11.2. The van der Waals surface area contributed by atoms with Gasteiger partial charge >= 0.3 is 6.01 Å². The minimum absolute atomic E-state index is 0.00553. The average Bonchev–Trinajstić information content (AvgIpc) is 3.35. The van der Waals surface area contributed by atoms with E-state index in [2.05, 4.69) is 10.00 Å². The van der Waals surface area contributed by atoms with Gasteiger partial charge in [-0.3, -0.25) is 0 Å². The van der Waals surface area contributed by atoms with E-state index in [1.165, 1.54) is 16.6 Å². The molecule has 51 heavy (non-hydrogen) atoms. The monoisotopic (exact) mass is 700 g/mol. The Morgan fingerprint density at radius 2 is 1.84 bits per heavy atom. The summed E-state index contributed by atoms with van der Waals surface area (Å²) in [6, 6.07) is 7.74. The number of benzene rings is 2. The second kappa shape index (κ2) is 12.2. The molecule has 3 unspecified atom stereocenters. The maximum absolute atomic E-state index is 17.5. The fraction of sp³-hybridized carbons (Fsp3) is 0.500. The number of rotatable bonds is 8. The van der Waals surface area contributed by atoms with Gasteiger partial charge in [0.15, 0.2) is 5.82 Å². The molecule has 1 aliphatic carbocycles. The maximum Gasteiger partial charge on any atom is 0.319 e. The van der Waals surface area contributed by atoms with Crippen molar-refractivity contribution in [1.82, 2.24) is 24.5 Å². The summed E-state index contributed by atoms with van der Waals surface area (Å²) in [5.74, 6) is 0.370. The zero-order chi connectivity index (χ0) is 35.1. The molecule has 0 bridgehead atoms. The highest BCUT2D eigenvalue weighted by Gasteiger charge is 2.48. The Morgan fingerprint density at radius 1 is 1.04 bits per heavy atom. The van der Waals surface area contributed by atoms with Gasteiger partial charge in [-0.15, -0.1) is 0 Å². The van der Waals surface area contributed by atoms with Gasteiger partial charge < -0.3 is 34.2 Å². The Balaban J connectivity index is 1.19. The largest absolute Gasteiger partial charge is 0.508 e. The molecule has 268 valence electrons. The van der Waals surface area contributed by atoms with Crippen molar-refractivity contribution in [1.29, 1.82) is 0 Å². The van der Waals surface area contributed by atoms with Crippen LogP contribution in [0.1, 0.15) is 32.3 Å². The van der Waals surface area contributed by atoms with Crippen LogP contribution in [0.4, 0.5) is 14.6 Å². The number of pyridine rings is 1. The van der Waals surface area contributed by atoms with Crippen LogP contribution < -0.4 is 9.64 Å². The number of hydrogen-bond donors (Lipinski definition) is 2. The van der Waals surface area contributed by atoms with Gasteiger partial charge in [-0.1, -0.05) is 13.0 Å². The lowest BCUT2D eigenvalue weighted by molar-refractivity contribution is -0.0123. The highest BCUT2D eigenvalue weighted by atomic mass is 19.1. The summed E-state index contributed by atoms with van der Waals surface area (Å²) in [6.45, 7) is 9.63. The van der Waals surface area contributed by atoms with E-state index in [1.807, 2.05) is 11.8 Å². The molecule has 0 radical (unpaired) electrons. The summed E-state index contributed by atoms with van der Waals surface area (Å²) in [4.78, 5) is 14.1. The van der Waals surface area contributed by atoms with E-state index >= 15 is 8.78 Å². The molecular weight excluding hydrogens is 658 g/mol. The quantitative estimate of drug-likeness (QED) is 0.230. The first kappa shape index (κ1) is 32.7. The van der Waals surface area contributed by atoms with Gasteiger partial charge in [0.05, 0.1) is 56.7 Å². The van der Waals surface area contributed by atoms with Crippen LogP contribution >= 0.6 is 0 Å². The third kappa shape index (κ3) is 5.74. The number of phenolic OH excluding ortho intramolecular Hbond substituents is 1. The van der Waals surface area contributed by atoms with Crippen molar-refractivity contribution in [3.05, 3.63) is 53.7 Å². The van der Waals surface area contributed by atoms with Gasteiger partial charge in [-0.25, -0.2) is 13.3 Å². The lowest BCUT2D eigenvalue weighted by atomic mass is 9.94. The van der Waals surface area contributed by atoms with Crippen molar-refractivity contribution in [2.24, 2.45) is 17.3 Å². The molecule has 6 heterocycles. The van der Waals surface area contributed by atoms with Crippen LogP contribution in [0.25, 0.3) is 38.4 Å². The smallest absolute Gasteiger partial charge is 0.319 e. The summed E-state index contributed by atoms with van der Waals surface area (Å²) in [6.07, 6.45) is 3.97. The molecule has 2 N–H and O–H groups in total. The molecule has 11 nitrogen and oxygen atoms in total. The number of aliphatic hydroxyl groups is 1. The van der Waals surface area contributed by atoms with Gasteiger partial charge in [0, 0.05) is 49.0 Å². The summed E-state index contributed by atoms with van der Waals surface area (Å²) in [5, 5.41) is 28.0. The number of halogens is 2. The number of likely N-dealkylation sites (tertiary alicyclic amines) is 1. The first-order valence-electron chi connectivity index (χ1n) is 17.9.